The average Bonchev–Trinajstić information content (AvgIpc) is 2.27. The SMILES string of the molecule is CCOCC(C)N1CCOC(CNC)C1. The molecule has 0 amide bonds. The van der Waals surface area contributed by atoms with Crippen molar-refractivity contribution in [2.45, 2.75) is 26.0 Å². The molecule has 1 aliphatic rings. The van der Waals surface area contributed by atoms with E-state index in [4.69, 9.17) is 9.47 Å². The molecular formula is C11H24N2O2. The zero-order valence-electron chi connectivity index (χ0n) is 10.2. The van der Waals surface area contributed by atoms with Crippen LogP contribution in [0.15, 0.2) is 0 Å². The van der Waals surface area contributed by atoms with Crippen LogP contribution < -0.4 is 5.32 Å². The third-order valence-corrected chi connectivity index (χ3v) is 2.79. The molecule has 2 atom stereocenters. The second-order valence-electron chi connectivity index (χ2n) is 4.05. The largest absolute Gasteiger partial charge is 0.380 e. The molecule has 1 N–H and O–H groups in total. The van der Waals surface area contributed by atoms with E-state index in [1.165, 1.54) is 0 Å². The van der Waals surface area contributed by atoms with Crippen molar-refractivity contribution in [3.05, 3.63) is 0 Å². The Hall–Kier alpha value is -0.160. The maximum Gasteiger partial charge on any atom is 0.0826 e. The maximum absolute atomic E-state index is 5.66. The molecule has 1 saturated heterocycles. The van der Waals surface area contributed by atoms with Crippen molar-refractivity contribution in [2.24, 2.45) is 0 Å². The minimum absolute atomic E-state index is 0.327. The lowest BCUT2D eigenvalue weighted by molar-refractivity contribution is -0.0509. The third kappa shape index (κ3) is 4.47. The van der Waals surface area contributed by atoms with Gasteiger partial charge >= 0.3 is 0 Å². The van der Waals surface area contributed by atoms with E-state index >= 15 is 0 Å². The normalized spacial score (nSPS) is 25.4. The number of hydrogen-bond donors (Lipinski definition) is 1. The molecule has 15 heavy (non-hydrogen) atoms. The summed E-state index contributed by atoms with van der Waals surface area (Å²) in [6, 6.07) is 0.494. The molecule has 4 nitrogen and oxygen atoms in total. The summed E-state index contributed by atoms with van der Waals surface area (Å²) in [6.07, 6.45) is 0.327. The Balaban J connectivity index is 2.27. The highest BCUT2D eigenvalue weighted by atomic mass is 16.5. The van der Waals surface area contributed by atoms with E-state index in [0.29, 0.717) is 12.1 Å². The predicted molar refractivity (Wildman–Crippen MR) is 61.2 cm³/mol. The minimum Gasteiger partial charge on any atom is -0.380 e. The van der Waals surface area contributed by atoms with Gasteiger partial charge in [0.25, 0.3) is 0 Å². The summed E-state index contributed by atoms with van der Waals surface area (Å²) in [4.78, 5) is 2.45. The van der Waals surface area contributed by atoms with Crippen LogP contribution in [0.5, 0.6) is 0 Å². The highest BCUT2D eigenvalue weighted by Crippen LogP contribution is 2.08. The van der Waals surface area contributed by atoms with Gasteiger partial charge in [-0.3, -0.25) is 4.90 Å². The molecule has 0 bridgehead atoms. The van der Waals surface area contributed by atoms with Gasteiger partial charge in [0.05, 0.1) is 19.3 Å². The fourth-order valence-electron chi connectivity index (χ4n) is 1.89. The molecular weight excluding hydrogens is 192 g/mol. The first-order valence-electron chi connectivity index (χ1n) is 5.86. The fraction of sp³-hybridized carbons (Fsp3) is 1.00. The Labute approximate surface area is 92.9 Å². The monoisotopic (exact) mass is 216 g/mol. The first-order valence-corrected chi connectivity index (χ1v) is 5.86. The summed E-state index contributed by atoms with van der Waals surface area (Å²) in [5, 5.41) is 3.16. The quantitative estimate of drug-likeness (QED) is 0.694. The molecule has 0 spiro atoms. The zero-order chi connectivity index (χ0) is 11.1. The van der Waals surface area contributed by atoms with Crippen molar-refractivity contribution in [2.75, 3.05) is 46.5 Å². The molecule has 0 aromatic carbocycles. The average molecular weight is 216 g/mol. The number of morpholine rings is 1. The molecule has 0 saturated carbocycles. The third-order valence-electron chi connectivity index (χ3n) is 2.79. The second kappa shape index (κ2) is 7.17. The van der Waals surface area contributed by atoms with Crippen molar-refractivity contribution in [1.82, 2.24) is 10.2 Å². The summed E-state index contributed by atoms with van der Waals surface area (Å²) in [6.45, 7) is 9.68. The summed E-state index contributed by atoms with van der Waals surface area (Å²) in [5.74, 6) is 0. The van der Waals surface area contributed by atoms with E-state index in [2.05, 4.69) is 17.1 Å². The van der Waals surface area contributed by atoms with Gasteiger partial charge in [-0.15, -0.1) is 0 Å². The molecule has 2 unspecified atom stereocenters. The number of ether oxygens (including phenoxy) is 2. The molecule has 90 valence electrons. The van der Waals surface area contributed by atoms with Crippen molar-refractivity contribution in [1.29, 1.82) is 0 Å². The van der Waals surface area contributed by atoms with Gasteiger partial charge in [-0.1, -0.05) is 0 Å². The number of nitrogens with zero attached hydrogens (tertiary/aromatic N) is 1. The predicted octanol–water partition coefficient (Wildman–Crippen LogP) is 0.332. The lowest BCUT2D eigenvalue weighted by atomic mass is 10.2. The van der Waals surface area contributed by atoms with Crippen LogP contribution in [0, 0.1) is 0 Å². The van der Waals surface area contributed by atoms with Gasteiger partial charge in [0.1, 0.15) is 0 Å². The standard InChI is InChI=1S/C11H24N2O2/c1-4-14-9-10(2)13-5-6-15-11(8-13)7-12-3/h10-12H,4-9H2,1-3H3. The van der Waals surface area contributed by atoms with Crippen LogP contribution in [0.25, 0.3) is 0 Å². The highest BCUT2D eigenvalue weighted by molar-refractivity contribution is 4.76. The van der Waals surface area contributed by atoms with E-state index in [-0.39, 0.29) is 0 Å². The van der Waals surface area contributed by atoms with Crippen LogP contribution in [0.1, 0.15) is 13.8 Å². The van der Waals surface area contributed by atoms with Gasteiger partial charge in [-0.25, -0.2) is 0 Å². The number of nitrogens with one attached hydrogen (secondary N) is 1. The first-order chi connectivity index (χ1) is 7.27. The van der Waals surface area contributed by atoms with Crippen LogP contribution in [0.3, 0.4) is 0 Å². The van der Waals surface area contributed by atoms with E-state index in [0.717, 1.165) is 39.5 Å². The van der Waals surface area contributed by atoms with Gasteiger partial charge in [-0.05, 0) is 20.9 Å². The second-order valence-corrected chi connectivity index (χ2v) is 4.05. The Morgan fingerprint density at radius 3 is 3.07 bits per heavy atom. The Kier molecular flexibility index (Phi) is 6.17. The van der Waals surface area contributed by atoms with Crippen LogP contribution >= 0.6 is 0 Å². The number of likely N-dealkylation sites (N-methyl/N-ethyl adjacent to an activating group) is 1. The molecule has 1 rings (SSSR count). The molecule has 0 aromatic heterocycles. The van der Waals surface area contributed by atoms with Crippen LogP contribution in [0.2, 0.25) is 0 Å². The fourth-order valence-corrected chi connectivity index (χ4v) is 1.89. The van der Waals surface area contributed by atoms with Crippen LogP contribution in [-0.2, 0) is 9.47 Å². The van der Waals surface area contributed by atoms with Gasteiger partial charge in [0.2, 0.25) is 0 Å². The molecule has 0 aliphatic carbocycles. The van der Waals surface area contributed by atoms with Gasteiger partial charge in [0.15, 0.2) is 0 Å². The summed E-state index contributed by atoms with van der Waals surface area (Å²) in [5.41, 5.74) is 0. The van der Waals surface area contributed by atoms with Crippen molar-refractivity contribution >= 4 is 0 Å². The highest BCUT2D eigenvalue weighted by Gasteiger charge is 2.23. The van der Waals surface area contributed by atoms with Gasteiger partial charge in [0, 0.05) is 32.3 Å². The molecule has 0 radical (unpaired) electrons. The van der Waals surface area contributed by atoms with Gasteiger partial charge in [-0.2, -0.15) is 0 Å². The molecule has 0 aromatic rings. The molecule has 4 heteroatoms. The molecule has 1 heterocycles. The van der Waals surface area contributed by atoms with E-state index < -0.39 is 0 Å². The van der Waals surface area contributed by atoms with Crippen molar-refractivity contribution < 1.29 is 9.47 Å². The van der Waals surface area contributed by atoms with Crippen LogP contribution in [0.4, 0.5) is 0 Å². The zero-order valence-corrected chi connectivity index (χ0v) is 10.2. The van der Waals surface area contributed by atoms with Crippen molar-refractivity contribution in [3.8, 4) is 0 Å². The Morgan fingerprint density at radius 1 is 1.60 bits per heavy atom. The summed E-state index contributed by atoms with van der Waals surface area (Å²) < 4.78 is 11.1. The summed E-state index contributed by atoms with van der Waals surface area (Å²) in [7, 11) is 1.96. The summed E-state index contributed by atoms with van der Waals surface area (Å²) >= 11 is 0. The topological polar surface area (TPSA) is 33.7 Å². The number of hydrogen-bond acceptors (Lipinski definition) is 4. The van der Waals surface area contributed by atoms with Crippen LogP contribution in [-0.4, -0.2) is 63.5 Å². The lowest BCUT2D eigenvalue weighted by Crippen LogP contribution is -2.50. The van der Waals surface area contributed by atoms with E-state index in [1.54, 1.807) is 0 Å². The maximum atomic E-state index is 5.66. The van der Waals surface area contributed by atoms with E-state index in [1.807, 2.05) is 14.0 Å². The van der Waals surface area contributed by atoms with E-state index in [9.17, 15) is 0 Å². The Morgan fingerprint density at radius 2 is 2.40 bits per heavy atom. The first kappa shape index (κ1) is 12.9. The van der Waals surface area contributed by atoms with Crippen molar-refractivity contribution in [3.63, 3.8) is 0 Å². The Bertz CT molecular complexity index is 165. The minimum atomic E-state index is 0.327. The van der Waals surface area contributed by atoms with Gasteiger partial charge < -0.3 is 14.8 Å². The number of rotatable bonds is 6. The lowest BCUT2D eigenvalue weighted by Gasteiger charge is -2.36. The molecule has 1 fully saturated rings. The molecule has 1 aliphatic heterocycles. The smallest absolute Gasteiger partial charge is 0.0826 e.